The molecular formula is C17H16N4O. The van der Waals surface area contributed by atoms with Crippen molar-refractivity contribution in [1.82, 2.24) is 20.0 Å². The Morgan fingerprint density at radius 1 is 1.27 bits per heavy atom. The van der Waals surface area contributed by atoms with Crippen molar-refractivity contribution in [3.63, 3.8) is 0 Å². The summed E-state index contributed by atoms with van der Waals surface area (Å²) in [6.07, 6.45) is 5.77. The van der Waals surface area contributed by atoms with Crippen molar-refractivity contribution in [3.8, 4) is 5.82 Å². The highest BCUT2D eigenvalue weighted by molar-refractivity contribution is 6.08. The lowest BCUT2D eigenvalue weighted by Crippen LogP contribution is -2.00. The number of rotatable bonds is 4. The van der Waals surface area contributed by atoms with Crippen LogP contribution in [0, 0.1) is 6.92 Å². The van der Waals surface area contributed by atoms with Gasteiger partial charge in [-0.15, -0.1) is 0 Å². The molecule has 1 aliphatic rings. The van der Waals surface area contributed by atoms with E-state index in [1.165, 1.54) is 12.8 Å². The van der Waals surface area contributed by atoms with Crippen LogP contribution in [0.25, 0.3) is 5.82 Å². The van der Waals surface area contributed by atoms with Crippen LogP contribution >= 0.6 is 0 Å². The average Bonchev–Trinajstić information content (AvgIpc) is 3.06. The zero-order valence-electron chi connectivity index (χ0n) is 12.3. The first-order valence-electron chi connectivity index (χ1n) is 7.42. The standard InChI is InChI=1S/C17H16N4O/c1-11-3-2-4-13(7-11)17(22)14-9-18-21(10-14)16-8-15(19-20-16)12-5-6-12/h2-4,7-10,12H,5-6H2,1H3,(H,19,20). The third-order valence-corrected chi connectivity index (χ3v) is 3.96. The van der Waals surface area contributed by atoms with Gasteiger partial charge >= 0.3 is 0 Å². The number of aromatic nitrogens is 4. The Kier molecular flexibility index (Phi) is 2.92. The number of benzene rings is 1. The molecule has 22 heavy (non-hydrogen) atoms. The number of carbonyl (C=O) groups excluding carboxylic acids is 1. The molecule has 4 rings (SSSR count). The Morgan fingerprint density at radius 2 is 2.14 bits per heavy atom. The van der Waals surface area contributed by atoms with Gasteiger partial charge in [0.1, 0.15) is 0 Å². The highest BCUT2D eigenvalue weighted by Gasteiger charge is 2.26. The topological polar surface area (TPSA) is 63.6 Å². The quantitative estimate of drug-likeness (QED) is 0.752. The molecule has 0 saturated heterocycles. The molecule has 5 heteroatoms. The van der Waals surface area contributed by atoms with Crippen LogP contribution in [0.4, 0.5) is 0 Å². The highest BCUT2D eigenvalue weighted by Crippen LogP contribution is 2.39. The monoisotopic (exact) mass is 292 g/mol. The van der Waals surface area contributed by atoms with Crippen LogP contribution in [0.15, 0.2) is 42.7 Å². The van der Waals surface area contributed by atoms with Crippen molar-refractivity contribution in [2.45, 2.75) is 25.7 Å². The lowest BCUT2D eigenvalue weighted by Gasteiger charge is -1.99. The number of hydrogen-bond acceptors (Lipinski definition) is 3. The van der Waals surface area contributed by atoms with Crippen molar-refractivity contribution < 1.29 is 4.79 Å². The largest absolute Gasteiger partial charge is 0.288 e. The van der Waals surface area contributed by atoms with Gasteiger partial charge in [-0.25, -0.2) is 4.68 Å². The molecule has 1 N–H and O–H groups in total. The van der Waals surface area contributed by atoms with Gasteiger partial charge in [0, 0.05) is 29.4 Å². The molecular weight excluding hydrogens is 276 g/mol. The fourth-order valence-corrected chi connectivity index (χ4v) is 2.56. The molecule has 0 aliphatic heterocycles. The highest BCUT2D eigenvalue weighted by atomic mass is 16.1. The van der Waals surface area contributed by atoms with Crippen LogP contribution in [0.2, 0.25) is 0 Å². The molecule has 2 aromatic heterocycles. The number of H-pyrrole nitrogens is 1. The molecule has 1 aromatic carbocycles. The van der Waals surface area contributed by atoms with Crippen LogP contribution < -0.4 is 0 Å². The number of aromatic amines is 1. The van der Waals surface area contributed by atoms with Crippen molar-refractivity contribution >= 4 is 5.78 Å². The van der Waals surface area contributed by atoms with E-state index in [-0.39, 0.29) is 5.78 Å². The summed E-state index contributed by atoms with van der Waals surface area (Å²) in [5.41, 5.74) is 3.47. The van der Waals surface area contributed by atoms with Crippen LogP contribution in [0.3, 0.4) is 0 Å². The Balaban J connectivity index is 1.61. The van der Waals surface area contributed by atoms with Crippen LogP contribution in [0.5, 0.6) is 0 Å². The average molecular weight is 292 g/mol. The molecule has 110 valence electrons. The van der Waals surface area contributed by atoms with Crippen molar-refractivity contribution in [2.75, 3.05) is 0 Å². The fourth-order valence-electron chi connectivity index (χ4n) is 2.56. The molecule has 5 nitrogen and oxygen atoms in total. The Morgan fingerprint density at radius 3 is 2.91 bits per heavy atom. The first kappa shape index (κ1) is 13.0. The number of hydrogen-bond donors (Lipinski definition) is 1. The maximum Gasteiger partial charge on any atom is 0.196 e. The van der Waals surface area contributed by atoms with Crippen molar-refractivity contribution in [1.29, 1.82) is 0 Å². The molecule has 1 fully saturated rings. The lowest BCUT2D eigenvalue weighted by atomic mass is 10.0. The van der Waals surface area contributed by atoms with Gasteiger partial charge in [0.25, 0.3) is 0 Å². The van der Waals surface area contributed by atoms with Crippen LogP contribution in [0.1, 0.15) is 45.9 Å². The molecule has 0 radical (unpaired) electrons. The maximum atomic E-state index is 12.5. The minimum absolute atomic E-state index is 0.0205. The van der Waals surface area contributed by atoms with E-state index in [0.29, 0.717) is 17.0 Å². The van der Waals surface area contributed by atoms with Crippen molar-refractivity contribution in [2.24, 2.45) is 0 Å². The van der Waals surface area contributed by atoms with E-state index in [1.54, 1.807) is 17.1 Å². The zero-order chi connectivity index (χ0) is 15.1. The van der Waals surface area contributed by atoms with E-state index >= 15 is 0 Å². The first-order chi connectivity index (χ1) is 10.7. The molecule has 2 heterocycles. The summed E-state index contributed by atoms with van der Waals surface area (Å²) in [4.78, 5) is 12.5. The van der Waals surface area contributed by atoms with Crippen LogP contribution in [-0.4, -0.2) is 25.8 Å². The van der Waals surface area contributed by atoms with Gasteiger partial charge in [0.2, 0.25) is 0 Å². The van der Waals surface area contributed by atoms with Crippen LogP contribution in [-0.2, 0) is 0 Å². The molecule has 0 unspecified atom stereocenters. The van der Waals surface area contributed by atoms with Gasteiger partial charge in [0.05, 0.1) is 11.8 Å². The zero-order valence-corrected chi connectivity index (χ0v) is 12.3. The number of nitrogens with zero attached hydrogens (tertiary/aromatic N) is 3. The summed E-state index contributed by atoms with van der Waals surface area (Å²) in [5, 5.41) is 11.6. The molecule has 3 aromatic rings. The summed E-state index contributed by atoms with van der Waals surface area (Å²) >= 11 is 0. The summed E-state index contributed by atoms with van der Waals surface area (Å²) < 4.78 is 1.64. The van der Waals surface area contributed by atoms with Gasteiger partial charge in [-0.2, -0.15) is 10.2 Å². The van der Waals surface area contributed by atoms with E-state index < -0.39 is 0 Å². The van der Waals surface area contributed by atoms with E-state index in [1.807, 2.05) is 37.3 Å². The number of aryl methyl sites for hydroxylation is 1. The van der Waals surface area contributed by atoms with Crippen molar-refractivity contribution in [3.05, 3.63) is 65.1 Å². The normalized spacial score (nSPS) is 14.2. The fraction of sp³-hybridized carbons (Fsp3) is 0.235. The van der Waals surface area contributed by atoms with E-state index in [2.05, 4.69) is 15.3 Å². The van der Waals surface area contributed by atoms with Gasteiger partial charge in [-0.3, -0.25) is 9.89 Å². The van der Waals surface area contributed by atoms with Gasteiger partial charge < -0.3 is 0 Å². The third-order valence-electron chi connectivity index (χ3n) is 3.96. The first-order valence-corrected chi connectivity index (χ1v) is 7.42. The SMILES string of the molecule is Cc1cccc(C(=O)c2cnn(-c3cc(C4CC4)[nH]n3)c2)c1. The summed E-state index contributed by atoms with van der Waals surface area (Å²) in [6.45, 7) is 1.98. The smallest absolute Gasteiger partial charge is 0.196 e. The second-order valence-electron chi connectivity index (χ2n) is 5.83. The number of carbonyl (C=O) groups is 1. The molecule has 0 amide bonds. The van der Waals surface area contributed by atoms with E-state index in [9.17, 15) is 4.79 Å². The number of nitrogens with one attached hydrogen (secondary N) is 1. The van der Waals surface area contributed by atoms with E-state index in [4.69, 9.17) is 0 Å². The second-order valence-corrected chi connectivity index (χ2v) is 5.83. The van der Waals surface area contributed by atoms with E-state index in [0.717, 1.165) is 17.1 Å². The number of ketones is 1. The molecule has 0 bridgehead atoms. The maximum absolute atomic E-state index is 12.5. The van der Waals surface area contributed by atoms with Gasteiger partial charge in [-0.1, -0.05) is 23.8 Å². The predicted molar refractivity (Wildman–Crippen MR) is 82.3 cm³/mol. The Hall–Kier alpha value is -2.69. The Bertz CT molecular complexity index is 842. The molecule has 0 spiro atoms. The second kappa shape index (κ2) is 4.94. The molecule has 1 saturated carbocycles. The Labute approximate surface area is 128 Å². The summed E-state index contributed by atoms with van der Waals surface area (Å²) in [7, 11) is 0. The van der Waals surface area contributed by atoms with Gasteiger partial charge in [0.15, 0.2) is 11.6 Å². The molecule has 1 aliphatic carbocycles. The predicted octanol–water partition coefficient (Wildman–Crippen LogP) is 3.01. The minimum Gasteiger partial charge on any atom is -0.288 e. The third kappa shape index (κ3) is 2.35. The summed E-state index contributed by atoms with van der Waals surface area (Å²) in [5.74, 6) is 1.32. The lowest BCUT2D eigenvalue weighted by molar-refractivity contribution is 0.103. The minimum atomic E-state index is -0.0205. The molecule has 0 atom stereocenters. The summed E-state index contributed by atoms with van der Waals surface area (Å²) in [6, 6.07) is 9.59. The van der Waals surface area contributed by atoms with Gasteiger partial charge in [-0.05, 0) is 25.8 Å².